The molecule has 2 aromatic heterocycles. The van der Waals surface area contributed by atoms with E-state index in [0.717, 1.165) is 29.9 Å². The lowest BCUT2D eigenvalue weighted by molar-refractivity contribution is -0.144. The number of rotatable bonds is 8. The fourth-order valence-corrected chi connectivity index (χ4v) is 2.93. The molecule has 1 amide bonds. The zero-order valence-electron chi connectivity index (χ0n) is 16.6. The summed E-state index contributed by atoms with van der Waals surface area (Å²) in [4.78, 5) is 24.2. The zero-order valence-corrected chi connectivity index (χ0v) is 16.6. The average molecular weight is 383 g/mol. The molecular weight excluding hydrogens is 358 g/mol. The van der Waals surface area contributed by atoms with Crippen LogP contribution in [-0.4, -0.2) is 23.1 Å². The van der Waals surface area contributed by atoms with Crippen LogP contribution in [0.4, 0.5) is 0 Å². The van der Waals surface area contributed by atoms with Gasteiger partial charge in [-0.2, -0.15) is 5.26 Å². The van der Waals surface area contributed by atoms with Crippen LogP contribution in [0.15, 0.2) is 34.5 Å². The Hall–Kier alpha value is -3.27. The van der Waals surface area contributed by atoms with E-state index in [2.05, 4.69) is 16.8 Å². The largest absolute Gasteiger partial charge is 0.467 e. The summed E-state index contributed by atoms with van der Waals surface area (Å²) in [5.74, 6) is -0.709. The zero-order chi connectivity index (χ0) is 20.7. The third kappa shape index (κ3) is 5.13. The highest BCUT2D eigenvalue weighted by Gasteiger charge is 2.17. The standard InChI is InChI=1S/C21H25N3O4/c1-5-8-24-14(2)10-17(16(24)4)11-18(12-22)21(26)28-13-20(25)23-15(3)19-7-6-9-27-19/h6-7,9-11,15H,5,8,13H2,1-4H3,(H,23,25)/b18-11+/t15-/m1/s1. The Labute approximate surface area is 164 Å². The number of carbonyl (C=O) groups excluding carboxylic acids is 2. The molecule has 0 bridgehead atoms. The molecule has 0 unspecified atom stereocenters. The van der Waals surface area contributed by atoms with Gasteiger partial charge in [0.15, 0.2) is 6.61 Å². The molecule has 0 aromatic carbocycles. The summed E-state index contributed by atoms with van der Waals surface area (Å²) in [6, 6.07) is 6.89. The average Bonchev–Trinajstić information content (AvgIpc) is 3.29. The number of aromatic nitrogens is 1. The summed E-state index contributed by atoms with van der Waals surface area (Å²) in [6.45, 7) is 8.16. The molecule has 2 aromatic rings. The second kappa shape index (κ2) is 9.60. The number of nitrogens with zero attached hydrogens (tertiary/aromatic N) is 2. The highest BCUT2D eigenvalue weighted by molar-refractivity contribution is 5.99. The van der Waals surface area contributed by atoms with Crippen molar-refractivity contribution in [3.05, 3.63) is 52.7 Å². The van der Waals surface area contributed by atoms with Gasteiger partial charge in [0.2, 0.25) is 0 Å². The van der Waals surface area contributed by atoms with E-state index in [4.69, 9.17) is 9.15 Å². The monoisotopic (exact) mass is 383 g/mol. The molecule has 0 aliphatic heterocycles. The van der Waals surface area contributed by atoms with Gasteiger partial charge in [-0.05, 0) is 57.0 Å². The van der Waals surface area contributed by atoms with E-state index in [0.29, 0.717) is 5.76 Å². The van der Waals surface area contributed by atoms with Gasteiger partial charge in [-0.1, -0.05) is 6.92 Å². The van der Waals surface area contributed by atoms with Crippen molar-refractivity contribution in [3.8, 4) is 6.07 Å². The minimum absolute atomic E-state index is 0.149. The summed E-state index contributed by atoms with van der Waals surface area (Å²) in [6.07, 6.45) is 4.00. The van der Waals surface area contributed by atoms with E-state index in [1.807, 2.05) is 26.0 Å². The van der Waals surface area contributed by atoms with Crippen molar-refractivity contribution in [2.75, 3.05) is 6.61 Å². The van der Waals surface area contributed by atoms with E-state index in [1.54, 1.807) is 19.1 Å². The SMILES string of the molecule is CCCn1c(C)cc(/C=C(\C#N)C(=O)OCC(=O)N[C@H](C)c2ccco2)c1C. The van der Waals surface area contributed by atoms with Gasteiger partial charge in [-0.25, -0.2) is 4.79 Å². The number of furan rings is 1. The normalized spacial score (nSPS) is 12.3. The van der Waals surface area contributed by atoms with Gasteiger partial charge in [0.1, 0.15) is 17.4 Å². The van der Waals surface area contributed by atoms with Crippen molar-refractivity contribution >= 4 is 18.0 Å². The van der Waals surface area contributed by atoms with Crippen molar-refractivity contribution in [3.63, 3.8) is 0 Å². The van der Waals surface area contributed by atoms with Crippen LogP contribution in [0, 0.1) is 25.2 Å². The Kier molecular flexibility index (Phi) is 7.21. The topological polar surface area (TPSA) is 97.3 Å². The molecular formula is C21H25N3O4. The Balaban J connectivity index is 2.00. The van der Waals surface area contributed by atoms with Gasteiger partial charge < -0.3 is 19.0 Å². The molecule has 28 heavy (non-hydrogen) atoms. The first kappa shape index (κ1) is 21.0. The lowest BCUT2D eigenvalue weighted by Crippen LogP contribution is -2.31. The van der Waals surface area contributed by atoms with Crippen LogP contribution >= 0.6 is 0 Å². The van der Waals surface area contributed by atoms with Gasteiger partial charge in [0.05, 0.1) is 12.3 Å². The molecule has 1 N–H and O–H groups in total. The summed E-state index contributed by atoms with van der Waals surface area (Å²) < 4.78 is 12.3. The van der Waals surface area contributed by atoms with Gasteiger partial charge in [-0.3, -0.25) is 4.79 Å². The van der Waals surface area contributed by atoms with Crippen molar-refractivity contribution in [1.29, 1.82) is 5.26 Å². The molecule has 7 nitrogen and oxygen atoms in total. The number of nitrogens with one attached hydrogen (secondary N) is 1. The lowest BCUT2D eigenvalue weighted by Gasteiger charge is -2.11. The minimum atomic E-state index is -0.830. The quantitative estimate of drug-likeness (QED) is 0.428. The molecule has 2 rings (SSSR count). The predicted molar refractivity (Wildman–Crippen MR) is 104 cm³/mol. The summed E-state index contributed by atoms with van der Waals surface area (Å²) in [7, 11) is 0. The second-order valence-electron chi connectivity index (χ2n) is 6.53. The van der Waals surface area contributed by atoms with Crippen LogP contribution in [0.25, 0.3) is 6.08 Å². The Bertz CT molecular complexity index is 901. The molecule has 0 aliphatic rings. The lowest BCUT2D eigenvalue weighted by atomic mass is 10.1. The molecule has 0 aliphatic carbocycles. The van der Waals surface area contributed by atoms with E-state index < -0.39 is 18.5 Å². The number of aryl methyl sites for hydroxylation is 1. The molecule has 0 saturated heterocycles. The maximum Gasteiger partial charge on any atom is 0.349 e. The van der Waals surface area contributed by atoms with Crippen molar-refractivity contribution in [2.24, 2.45) is 0 Å². The molecule has 1 atom stereocenters. The highest BCUT2D eigenvalue weighted by Crippen LogP contribution is 2.19. The fourth-order valence-electron chi connectivity index (χ4n) is 2.93. The summed E-state index contributed by atoms with van der Waals surface area (Å²) >= 11 is 0. The van der Waals surface area contributed by atoms with Crippen molar-refractivity contribution in [2.45, 2.75) is 46.7 Å². The Morgan fingerprint density at radius 3 is 2.79 bits per heavy atom. The van der Waals surface area contributed by atoms with Gasteiger partial charge in [0.25, 0.3) is 5.91 Å². The number of esters is 1. The number of ether oxygens (including phenoxy) is 1. The van der Waals surface area contributed by atoms with E-state index in [9.17, 15) is 14.9 Å². The summed E-state index contributed by atoms with van der Waals surface area (Å²) in [5.41, 5.74) is 2.67. The number of hydrogen-bond acceptors (Lipinski definition) is 5. The Morgan fingerprint density at radius 2 is 2.18 bits per heavy atom. The Morgan fingerprint density at radius 1 is 1.43 bits per heavy atom. The number of carbonyl (C=O) groups is 2. The molecule has 148 valence electrons. The van der Waals surface area contributed by atoms with Crippen LogP contribution in [0.3, 0.4) is 0 Å². The third-order valence-corrected chi connectivity index (χ3v) is 4.38. The first-order valence-corrected chi connectivity index (χ1v) is 9.15. The first-order valence-electron chi connectivity index (χ1n) is 9.15. The van der Waals surface area contributed by atoms with Crippen LogP contribution in [0.5, 0.6) is 0 Å². The maximum absolute atomic E-state index is 12.2. The molecule has 0 fully saturated rings. The van der Waals surface area contributed by atoms with Crippen LogP contribution in [-0.2, 0) is 20.9 Å². The number of amides is 1. The minimum Gasteiger partial charge on any atom is -0.467 e. The van der Waals surface area contributed by atoms with Crippen LogP contribution in [0.2, 0.25) is 0 Å². The van der Waals surface area contributed by atoms with E-state index in [-0.39, 0.29) is 11.6 Å². The van der Waals surface area contributed by atoms with Crippen LogP contribution in [0.1, 0.15) is 49.0 Å². The molecule has 7 heteroatoms. The van der Waals surface area contributed by atoms with Crippen molar-refractivity contribution in [1.82, 2.24) is 9.88 Å². The molecule has 0 radical (unpaired) electrons. The molecule has 0 spiro atoms. The van der Waals surface area contributed by atoms with Gasteiger partial charge in [0, 0.05) is 17.9 Å². The number of hydrogen-bond donors (Lipinski definition) is 1. The fraction of sp³-hybridized carbons (Fsp3) is 0.381. The van der Waals surface area contributed by atoms with Crippen LogP contribution < -0.4 is 5.32 Å². The summed E-state index contributed by atoms with van der Waals surface area (Å²) in [5, 5.41) is 12.0. The first-order chi connectivity index (χ1) is 13.4. The van der Waals surface area contributed by atoms with Gasteiger partial charge in [-0.15, -0.1) is 0 Å². The molecule has 2 heterocycles. The van der Waals surface area contributed by atoms with Crippen molar-refractivity contribution < 1.29 is 18.7 Å². The van der Waals surface area contributed by atoms with E-state index in [1.165, 1.54) is 12.3 Å². The molecule has 0 saturated carbocycles. The maximum atomic E-state index is 12.2. The number of nitriles is 1. The van der Waals surface area contributed by atoms with E-state index >= 15 is 0 Å². The van der Waals surface area contributed by atoms with Gasteiger partial charge >= 0.3 is 5.97 Å². The predicted octanol–water partition coefficient (Wildman–Crippen LogP) is 3.44. The second-order valence-corrected chi connectivity index (χ2v) is 6.53. The highest BCUT2D eigenvalue weighted by atomic mass is 16.5. The smallest absolute Gasteiger partial charge is 0.349 e. The third-order valence-electron chi connectivity index (χ3n) is 4.38.